The van der Waals surface area contributed by atoms with Gasteiger partial charge >= 0.3 is 0 Å². The SMILES string of the molecule is CC(c1ccc(Cl)cc1)N(C)C(=O)CC1COCCN1.Cl. The molecule has 0 bridgehead atoms. The van der Waals surface area contributed by atoms with E-state index < -0.39 is 0 Å². The van der Waals surface area contributed by atoms with Crippen LogP contribution in [0.3, 0.4) is 0 Å². The number of carbonyl (C=O) groups is 1. The number of rotatable bonds is 4. The van der Waals surface area contributed by atoms with Crippen LogP contribution in [0.4, 0.5) is 0 Å². The van der Waals surface area contributed by atoms with Gasteiger partial charge in [-0.1, -0.05) is 23.7 Å². The van der Waals surface area contributed by atoms with E-state index in [1.807, 2.05) is 38.2 Å². The second-order valence-corrected chi connectivity index (χ2v) is 5.60. The van der Waals surface area contributed by atoms with Gasteiger partial charge in [0.25, 0.3) is 0 Å². The first-order chi connectivity index (χ1) is 9.58. The van der Waals surface area contributed by atoms with Crippen LogP contribution in [0.2, 0.25) is 5.02 Å². The average molecular weight is 333 g/mol. The first-order valence-corrected chi connectivity index (χ1v) is 7.28. The summed E-state index contributed by atoms with van der Waals surface area (Å²) in [6.45, 7) is 4.16. The van der Waals surface area contributed by atoms with Crippen LogP contribution in [0.25, 0.3) is 0 Å². The van der Waals surface area contributed by atoms with Crippen molar-refractivity contribution in [2.24, 2.45) is 0 Å². The topological polar surface area (TPSA) is 41.6 Å². The largest absolute Gasteiger partial charge is 0.378 e. The highest BCUT2D eigenvalue weighted by Gasteiger charge is 2.22. The van der Waals surface area contributed by atoms with Crippen molar-refractivity contribution in [1.82, 2.24) is 10.2 Å². The van der Waals surface area contributed by atoms with Gasteiger partial charge in [0.2, 0.25) is 5.91 Å². The van der Waals surface area contributed by atoms with Crippen molar-refractivity contribution in [3.8, 4) is 0 Å². The Bertz CT molecular complexity index is 447. The number of nitrogens with zero attached hydrogens (tertiary/aromatic N) is 1. The molecule has 0 spiro atoms. The van der Waals surface area contributed by atoms with Crippen molar-refractivity contribution in [3.63, 3.8) is 0 Å². The highest BCUT2D eigenvalue weighted by atomic mass is 35.5. The minimum atomic E-state index is 0. The number of amides is 1. The van der Waals surface area contributed by atoms with Crippen molar-refractivity contribution in [1.29, 1.82) is 0 Å². The molecule has 1 fully saturated rings. The summed E-state index contributed by atoms with van der Waals surface area (Å²) in [7, 11) is 1.84. The van der Waals surface area contributed by atoms with Crippen molar-refractivity contribution >= 4 is 29.9 Å². The zero-order valence-electron chi connectivity index (χ0n) is 12.3. The smallest absolute Gasteiger partial charge is 0.224 e. The van der Waals surface area contributed by atoms with Gasteiger partial charge in [0.15, 0.2) is 0 Å². The fourth-order valence-electron chi connectivity index (χ4n) is 2.29. The average Bonchev–Trinajstić information content (AvgIpc) is 2.47. The highest BCUT2D eigenvalue weighted by molar-refractivity contribution is 6.30. The van der Waals surface area contributed by atoms with E-state index in [0.29, 0.717) is 18.1 Å². The predicted octanol–water partition coefficient (Wildman–Crippen LogP) is 2.66. The molecule has 118 valence electrons. The Labute approximate surface area is 137 Å². The monoisotopic (exact) mass is 332 g/mol. The lowest BCUT2D eigenvalue weighted by Gasteiger charge is -2.29. The second kappa shape index (κ2) is 8.59. The number of halogens is 2. The van der Waals surface area contributed by atoms with Gasteiger partial charge in [-0.15, -0.1) is 12.4 Å². The Morgan fingerprint density at radius 2 is 2.14 bits per heavy atom. The van der Waals surface area contributed by atoms with Crippen LogP contribution in [0.5, 0.6) is 0 Å². The molecule has 1 aromatic rings. The van der Waals surface area contributed by atoms with Gasteiger partial charge < -0.3 is 15.0 Å². The molecule has 0 radical (unpaired) electrons. The maximum Gasteiger partial charge on any atom is 0.224 e. The third-order valence-corrected chi connectivity index (χ3v) is 4.00. The van der Waals surface area contributed by atoms with Crippen molar-refractivity contribution in [3.05, 3.63) is 34.9 Å². The van der Waals surface area contributed by atoms with Gasteiger partial charge in [0.05, 0.1) is 19.3 Å². The summed E-state index contributed by atoms with van der Waals surface area (Å²) in [6, 6.07) is 7.77. The van der Waals surface area contributed by atoms with E-state index in [4.69, 9.17) is 16.3 Å². The van der Waals surface area contributed by atoms with Gasteiger partial charge in [-0.25, -0.2) is 0 Å². The first kappa shape index (κ1) is 18.2. The number of morpholine rings is 1. The third kappa shape index (κ3) is 5.15. The molecule has 1 heterocycles. The van der Waals surface area contributed by atoms with Crippen LogP contribution in [-0.4, -0.2) is 43.7 Å². The number of nitrogens with one attached hydrogen (secondary N) is 1. The Kier molecular flexibility index (Phi) is 7.46. The molecule has 2 rings (SSSR count). The van der Waals surface area contributed by atoms with Crippen molar-refractivity contribution in [2.75, 3.05) is 26.8 Å². The molecule has 6 heteroatoms. The summed E-state index contributed by atoms with van der Waals surface area (Å²) in [6.07, 6.45) is 0.467. The molecule has 4 nitrogen and oxygen atoms in total. The molecule has 1 N–H and O–H groups in total. The summed E-state index contributed by atoms with van der Waals surface area (Å²) < 4.78 is 5.37. The summed E-state index contributed by atoms with van der Waals surface area (Å²) >= 11 is 5.88. The van der Waals surface area contributed by atoms with E-state index >= 15 is 0 Å². The van der Waals surface area contributed by atoms with Crippen LogP contribution in [0, 0.1) is 0 Å². The molecule has 0 saturated carbocycles. The lowest BCUT2D eigenvalue weighted by Crippen LogP contribution is -2.44. The van der Waals surface area contributed by atoms with Crippen LogP contribution >= 0.6 is 24.0 Å². The summed E-state index contributed by atoms with van der Waals surface area (Å²) in [5, 5.41) is 4.01. The number of hydrogen-bond acceptors (Lipinski definition) is 3. The Morgan fingerprint density at radius 1 is 1.48 bits per heavy atom. The zero-order valence-corrected chi connectivity index (χ0v) is 13.9. The van der Waals surface area contributed by atoms with Crippen LogP contribution in [0.1, 0.15) is 24.9 Å². The summed E-state index contributed by atoms with van der Waals surface area (Å²) in [4.78, 5) is 14.1. The first-order valence-electron chi connectivity index (χ1n) is 6.90. The van der Waals surface area contributed by atoms with Crippen LogP contribution in [0.15, 0.2) is 24.3 Å². The Morgan fingerprint density at radius 3 is 2.71 bits per heavy atom. The van der Waals surface area contributed by atoms with Crippen LogP contribution < -0.4 is 5.32 Å². The van der Waals surface area contributed by atoms with Gasteiger partial charge in [-0.2, -0.15) is 0 Å². The summed E-state index contributed by atoms with van der Waals surface area (Å²) in [5.41, 5.74) is 1.08. The molecule has 1 aromatic carbocycles. The molecule has 2 atom stereocenters. The number of ether oxygens (including phenoxy) is 1. The van der Waals surface area contributed by atoms with Gasteiger partial charge in [-0.05, 0) is 24.6 Å². The molecule has 1 aliphatic heterocycles. The zero-order chi connectivity index (χ0) is 14.5. The minimum Gasteiger partial charge on any atom is -0.378 e. The molecule has 2 unspecified atom stereocenters. The number of benzene rings is 1. The third-order valence-electron chi connectivity index (χ3n) is 3.75. The molecule has 1 saturated heterocycles. The van der Waals surface area contributed by atoms with Crippen LogP contribution in [-0.2, 0) is 9.53 Å². The molecular weight excluding hydrogens is 311 g/mol. The molecule has 1 amide bonds. The number of hydrogen-bond donors (Lipinski definition) is 1. The van der Waals surface area contributed by atoms with E-state index in [1.165, 1.54) is 0 Å². The Balaban J connectivity index is 0.00000220. The highest BCUT2D eigenvalue weighted by Crippen LogP contribution is 2.21. The van der Waals surface area contributed by atoms with E-state index in [2.05, 4.69) is 5.32 Å². The maximum absolute atomic E-state index is 12.3. The fraction of sp³-hybridized carbons (Fsp3) is 0.533. The molecule has 1 aliphatic rings. The molecule has 0 aromatic heterocycles. The fourth-order valence-corrected chi connectivity index (χ4v) is 2.41. The number of carbonyl (C=O) groups excluding carboxylic acids is 1. The predicted molar refractivity (Wildman–Crippen MR) is 87.1 cm³/mol. The van der Waals surface area contributed by atoms with E-state index in [9.17, 15) is 4.79 Å². The van der Waals surface area contributed by atoms with E-state index in [1.54, 1.807) is 4.90 Å². The Hall–Kier alpha value is -0.810. The van der Waals surface area contributed by atoms with E-state index in [0.717, 1.165) is 18.7 Å². The quantitative estimate of drug-likeness (QED) is 0.921. The maximum atomic E-state index is 12.3. The lowest BCUT2D eigenvalue weighted by atomic mass is 10.1. The van der Waals surface area contributed by atoms with Gasteiger partial charge in [0.1, 0.15) is 0 Å². The van der Waals surface area contributed by atoms with Crippen molar-refractivity contribution < 1.29 is 9.53 Å². The van der Waals surface area contributed by atoms with E-state index in [-0.39, 0.29) is 30.4 Å². The van der Waals surface area contributed by atoms with Gasteiger partial charge in [-0.3, -0.25) is 4.79 Å². The summed E-state index contributed by atoms with van der Waals surface area (Å²) in [5.74, 6) is 0.121. The standard InChI is InChI=1S/C15H21ClN2O2.ClH/c1-11(12-3-5-13(16)6-4-12)18(2)15(19)9-14-10-20-8-7-17-14;/h3-6,11,14,17H,7-10H2,1-2H3;1H. The molecular formula is C15H22Cl2N2O2. The molecule has 0 aliphatic carbocycles. The second-order valence-electron chi connectivity index (χ2n) is 5.16. The molecule has 21 heavy (non-hydrogen) atoms. The normalized spacial score (nSPS) is 19.5. The lowest BCUT2D eigenvalue weighted by molar-refractivity contribution is -0.133. The minimum absolute atomic E-state index is 0. The van der Waals surface area contributed by atoms with Gasteiger partial charge in [0, 0.05) is 31.1 Å². The van der Waals surface area contributed by atoms with Crippen molar-refractivity contribution in [2.45, 2.75) is 25.4 Å².